The van der Waals surface area contributed by atoms with E-state index in [-0.39, 0.29) is 23.4 Å². The summed E-state index contributed by atoms with van der Waals surface area (Å²) in [6.07, 6.45) is -1.04. The van der Waals surface area contributed by atoms with E-state index < -0.39 is 17.6 Å². The number of aryl methyl sites for hydroxylation is 1. The zero-order chi connectivity index (χ0) is 25.7. The maximum atomic E-state index is 13.6. The van der Waals surface area contributed by atoms with Crippen LogP contribution in [0.15, 0.2) is 67.0 Å². The van der Waals surface area contributed by atoms with Crippen LogP contribution in [0.1, 0.15) is 38.3 Å². The second-order valence-electron chi connectivity index (χ2n) is 8.14. The summed E-state index contributed by atoms with van der Waals surface area (Å²) >= 11 is 0. The van der Waals surface area contributed by atoms with Gasteiger partial charge in [-0.25, -0.2) is 4.98 Å². The number of imidazole rings is 1. The Balaban J connectivity index is 1.56. The van der Waals surface area contributed by atoms with Crippen LogP contribution in [0.2, 0.25) is 0 Å². The number of hydrogen-bond acceptors (Lipinski definition) is 4. The molecule has 0 saturated heterocycles. The van der Waals surface area contributed by atoms with E-state index in [1.54, 1.807) is 24.4 Å². The number of benzene rings is 2. The van der Waals surface area contributed by atoms with E-state index in [2.05, 4.69) is 27.5 Å². The Morgan fingerprint density at radius 2 is 1.94 bits per heavy atom. The molecule has 2 aromatic carbocycles. The van der Waals surface area contributed by atoms with Crippen LogP contribution in [-0.4, -0.2) is 28.4 Å². The van der Waals surface area contributed by atoms with Crippen molar-refractivity contribution in [3.8, 4) is 11.8 Å². The monoisotopic (exact) mass is 491 g/mol. The van der Waals surface area contributed by atoms with E-state index in [0.717, 1.165) is 17.3 Å². The average Bonchev–Trinajstić information content (AvgIpc) is 3.27. The summed E-state index contributed by atoms with van der Waals surface area (Å²) in [5, 5.41) is 5.43. The minimum Gasteiger partial charge on any atom is -0.329 e. The number of hydrogen-bond donors (Lipinski definition) is 3. The number of amides is 1. The molecule has 0 bridgehead atoms. The first-order chi connectivity index (χ1) is 17.3. The molecular formula is C27H24F3N5O. The van der Waals surface area contributed by atoms with Gasteiger partial charge in [0.25, 0.3) is 5.91 Å². The summed E-state index contributed by atoms with van der Waals surface area (Å²) in [6.45, 7) is 2.60. The van der Waals surface area contributed by atoms with Crippen LogP contribution in [0.25, 0.3) is 5.65 Å². The number of nitrogens with two attached hydrogens (primary N) is 1. The van der Waals surface area contributed by atoms with Crippen molar-refractivity contribution in [2.75, 3.05) is 18.4 Å². The van der Waals surface area contributed by atoms with Crippen molar-refractivity contribution < 1.29 is 18.0 Å². The molecule has 2 heterocycles. The largest absolute Gasteiger partial charge is 0.416 e. The van der Waals surface area contributed by atoms with Crippen LogP contribution in [0, 0.1) is 18.8 Å². The Hall–Kier alpha value is -4.13. The van der Waals surface area contributed by atoms with Gasteiger partial charge in [-0.2, -0.15) is 13.2 Å². The zero-order valence-electron chi connectivity index (χ0n) is 19.5. The molecule has 4 aromatic rings. The lowest BCUT2D eigenvalue weighted by atomic mass is 10.0. The van der Waals surface area contributed by atoms with Crippen molar-refractivity contribution in [3.63, 3.8) is 0 Å². The maximum Gasteiger partial charge on any atom is 0.416 e. The molecule has 36 heavy (non-hydrogen) atoms. The average molecular weight is 492 g/mol. The highest BCUT2D eigenvalue weighted by Gasteiger charge is 2.33. The lowest BCUT2D eigenvalue weighted by molar-refractivity contribution is -0.138. The first kappa shape index (κ1) is 25.0. The third-order valence-corrected chi connectivity index (χ3v) is 5.55. The number of nitrogens with zero attached hydrogens (tertiary/aromatic N) is 2. The number of carbonyl (C=O) groups excluding carboxylic acids is 1. The number of pyridine rings is 1. The summed E-state index contributed by atoms with van der Waals surface area (Å²) < 4.78 is 42.7. The highest BCUT2D eigenvalue weighted by molar-refractivity contribution is 6.04. The molecule has 4 N–H and O–H groups in total. The van der Waals surface area contributed by atoms with Gasteiger partial charge in [0.2, 0.25) is 0 Å². The standard InChI is InChI=1S/C27H24F3N5O/c1-18-5-6-20(14-19(18)8-10-23-17-33-25-4-2-3-13-35(23)25)26(36)34-22-9-7-21(16-32-12-11-31)24(15-22)27(28,29)30/h2-7,9,13-15,17,32H,11-12,16,31H2,1H3,(H,34,36). The SMILES string of the molecule is Cc1ccc(C(=O)Nc2ccc(CNCCN)c(C(F)(F)F)c2)cc1C#Cc1cnc2ccccn12. The van der Waals surface area contributed by atoms with Crippen LogP contribution in [0.4, 0.5) is 18.9 Å². The topological polar surface area (TPSA) is 84.5 Å². The van der Waals surface area contributed by atoms with Crippen LogP contribution >= 0.6 is 0 Å². The van der Waals surface area contributed by atoms with Gasteiger partial charge < -0.3 is 16.4 Å². The molecule has 0 saturated carbocycles. The fourth-order valence-electron chi connectivity index (χ4n) is 3.65. The zero-order valence-corrected chi connectivity index (χ0v) is 19.5. The number of rotatable bonds is 6. The van der Waals surface area contributed by atoms with E-state index >= 15 is 0 Å². The molecular weight excluding hydrogens is 467 g/mol. The quantitative estimate of drug-likeness (QED) is 0.276. The smallest absolute Gasteiger partial charge is 0.329 e. The number of aromatic nitrogens is 2. The Morgan fingerprint density at radius 3 is 2.72 bits per heavy atom. The Labute approximate surface area is 206 Å². The molecule has 1 amide bonds. The van der Waals surface area contributed by atoms with Crippen molar-refractivity contribution in [2.45, 2.75) is 19.6 Å². The lowest BCUT2D eigenvalue weighted by Crippen LogP contribution is -2.23. The highest BCUT2D eigenvalue weighted by Crippen LogP contribution is 2.34. The molecule has 4 rings (SSSR count). The normalized spacial score (nSPS) is 11.2. The van der Waals surface area contributed by atoms with Crippen molar-refractivity contribution in [2.24, 2.45) is 5.73 Å². The molecule has 0 aliphatic carbocycles. The van der Waals surface area contributed by atoms with E-state index in [1.807, 2.05) is 35.7 Å². The molecule has 0 unspecified atom stereocenters. The Bertz CT molecular complexity index is 1460. The minimum atomic E-state index is -4.56. The predicted molar refractivity (Wildman–Crippen MR) is 133 cm³/mol. The van der Waals surface area contributed by atoms with Crippen LogP contribution in [-0.2, 0) is 12.7 Å². The predicted octanol–water partition coefficient (Wildman–Crippen LogP) is 4.36. The minimum absolute atomic E-state index is 0.0206. The maximum absolute atomic E-state index is 13.6. The van der Waals surface area contributed by atoms with Gasteiger partial charge in [-0.05, 0) is 60.4 Å². The fraction of sp³-hybridized carbons (Fsp3) is 0.185. The first-order valence-corrected chi connectivity index (χ1v) is 11.2. The Morgan fingerprint density at radius 1 is 1.11 bits per heavy atom. The number of halogens is 3. The summed E-state index contributed by atoms with van der Waals surface area (Å²) in [4.78, 5) is 17.2. The van der Waals surface area contributed by atoms with Crippen LogP contribution in [0.5, 0.6) is 0 Å². The van der Waals surface area contributed by atoms with E-state index in [9.17, 15) is 18.0 Å². The summed E-state index contributed by atoms with van der Waals surface area (Å²) in [5.74, 6) is 5.61. The van der Waals surface area contributed by atoms with E-state index in [1.165, 1.54) is 12.1 Å². The highest BCUT2D eigenvalue weighted by atomic mass is 19.4. The summed E-state index contributed by atoms with van der Waals surface area (Å²) in [5.41, 5.74) is 7.95. The number of alkyl halides is 3. The van der Waals surface area contributed by atoms with E-state index in [0.29, 0.717) is 24.3 Å². The van der Waals surface area contributed by atoms with E-state index in [4.69, 9.17) is 5.73 Å². The van der Waals surface area contributed by atoms with Gasteiger partial charge >= 0.3 is 6.18 Å². The second kappa shape index (κ2) is 10.6. The molecule has 0 spiro atoms. The third-order valence-electron chi connectivity index (χ3n) is 5.55. The van der Waals surface area contributed by atoms with Crippen molar-refractivity contribution in [3.05, 3.63) is 101 Å². The van der Waals surface area contributed by atoms with Gasteiger partial charge in [0.05, 0.1) is 11.8 Å². The molecule has 0 aliphatic rings. The van der Waals surface area contributed by atoms with Crippen LogP contribution < -0.4 is 16.4 Å². The second-order valence-corrected chi connectivity index (χ2v) is 8.14. The van der Waals surface area contributed by atoms with Gasteiger partial charge in [0.1, 0.15) is 11.3 Å². The number of fused-ring (bicyclic) bond motifs is 1. The van der Waals surface area contributed by atoms with Gasteiger partial charge in [-0.3, -0.25) is 9.20 Å². The molecule has 9 heteroatoms. The molecule has 0 fully saturated rings. The number of nitrogens with one attached hydrogen (secondary N) is 2. The first-order valence-electron chi connectivity index (χ1n) is 11.2. The Kier molecular flexibility index (Phi) is 7.38. The van der Waals surface area contributed by atoms with Crippen molar-refractivity contribution >= 4 is 17.2 Å². The molecule has 0 atom stereocenters. The summed E-state index contributed by atoms with van der Waals surface area (Å²) in [7, 11) is 0. The lowest BCUT2D eigenvalue weighted by Gasteiger charge is -2.16. The van der Waals surface area contributed by atoms with Crippen LogP contribution in [0.3, 0.4) is 0 Å². The molecule has 2 aromatic heterocycles. The van der Waals surface area contributed by atoms with Gasteiger partial charge in [-0.1, -0.05) is 24.1 Å². The van der Waals surface area contributed by atoms with Gasteiger partial charge in [-0.15, -0.1) is 0 Å². The van der Waals surface area contributed by atoms with Gasteiger partial charge in [0, 0.05) is 42.6 Å². The molecule has 0 radical (unpaired) electrons. The van der Waals surface area contributed by atoms with Gasteiger partial charge in [0.15, 0.2) is 0 Å². The number of anilines is 1. The van der Waals surface area contributed by atoms with Crippen molar-refractivity contribution in [1.29, 1.82) is 0 Å². The molecule has 0 aliphatic heterocycles. The fourth-order valence-corrected chi connectivity index (χ4v) is 3.65. The van der Waals surface area contributed by atoms with Crippen molar-refractivity contribution in [1.82, 2.24) is 14.7 Å². The molecule has 184 valence electrons. The number of carbonyl (C=O) groups is 1. The third kappa shape index (κ3) is 5.74. The summed E-state index contributed by atoms with van der Waals surface area (Å²) in [6, 6.07) is 14.4. The molecule has 6 nitrogen and oxygen atoms in total.